The van der Waals surface area contributed by atoms with Gasteiger partial charge in [0.05, 0.1) is 11.6 Å². The largest absolute Gasteiger partial charge is 0.376 e. The van der Waals surface area contributed by atoms with Crippen LogP contribution in [0.5, 0.6) is 0 Å². The highest BCUT2D eigenvalue weighted by molar-refractivity contribution is 5.33. The van der Waals surface area contributed by atoms with Crippen molar-refractivity contribution in [3.8, 4) is 0 Å². The number of hydrogen-bond donors (Lipinski definition) is 2. The number of rotatable bonds is 4. The Kier molecular flexibility index (Phi) is 5.19. The molecule has 1 unspecified atom stereocenters. The van der Waals surface area contributed by atoms with E-state index < -0.39 is 0 Å². The third kappa shape index (κ3) is 3.05. The second kappa shape index (κ2) is 6.70. The monoisotopic (exact) mass is 276 g/mol. The first-order valence-corrected chi connectivity index (χ1v) is 7.71. The van der Waals surface area contributed by atoms with Crippen LogP contribution in [-0.4, -0.2) is 12.7 Å². The molecular formula is C17H28N2O. The average molecular weight is 276 g/mol. The maximum Gasteiger partial charge on any atom is 0.0885 e. The van der Waals surface area contributed by atoms with Crippen LogP contribution in [0.4, 0.5) is 0 Å². The quantitative estimate of drug-likeness (QED) is 0.502. The van der Waals surface area contributed by atoms with Gasteiger partial charge < -0.3 is 4.74 Å². The third-order valence-electron chi connectivity index (χ3n) is 4.91. The lowest BCUT2D eigenvalue weighted by Crippen LogP contribution is -2.47. The first-order valence-electron chi connectivity index (χ1n) is 7.71. The van der Waals surface area contributed by atoms with Crippen molar-refractivity contribution in [3.63, 3.8) is 0 Å². The van der Waals surface area contributed by atoms with Crippen LogP contribution >= 0.6 is 0 Å². The number of methoxy groups -OCH3 is 1. The molecule has 1 fully saturated rings. The summed E-state index contributed by atoms with van der Waals surface area (Å²) < 4.78 is 5.99. The molecule has 20 heavy (non-hydrogen) atoms. The van der Waals surface area contributed by atoms with Crippen LogP contribution in [0, 0.1) is 13.8 Å². The van der Waals surface area contributed by atoms with Crippen molar-refractivity contribution in [2.75, 3.05) is 7.11 Å². The van der Waals surface area contributed by atoms with E-state index in [4.69, 9.17) is 10.6 Å². The normalized spacial score (nSPS) is 20.4. The maximum absolute atomic E-state index is 5.99. The minimum Gasteiger partial charge on any atom is -0.376 e. The smallest absolute Gasteiger partial charge is 0.0885 e. The fourth-order valence-electron chi connectivity index (χ4n) is 3.43. The molecule has 1 aliphatic rings. The molecule has 0 radical (unpaired) electrons. The van der Waals surface area contributed by atoms with E-state index in [1.165, 1.54) is 42.4 Å². The Bertz CT molecular complexity index is 437. The van der Waals surface area contributed by atoms with Crippen molar-refractivity contribution in [1.29, 1.82) is 0 Å². The van der Waals surface area contributed by atoms with Crippen molar-refractivity contribution < 1.29 is 4.74 Å². The predicted octanol–water partition coefficient (Wildman–Crippen LogP) is 3.55. The zero-order valence-corrected chi connectivity index (χ0v) is 13.0. The van der Waals surface area contributed by atoms with Crippen molar-refractivity contribution in [3.05, 3.63) is 34.9 Å². The molecule has 1 atom stereocenters. The summed E-state index contributed by atoms with van der Waals surface area (Å²) in [6.07, 6.45) is 7.19. The molecule has 0 aliphatic heterocycles. The van der Waals surface area contributed by atoms with Crippen molar-refractivity contribution in [1.82, 2.24) is 5.43 Å². The van der Waals surface area contributed by atoms with Gasteiger partial charge in [-0.15, -0.1) is 0 Å². The molecule has 0 heterocycles. The minimum atomic E-state index is -0.174. The lowest BCUT2D eigenvalue weighted by atomic mass is 9.82. The van der Waals surface area contributed by atoms with E-state index in [0.717, 1.165) is 12.8 Å². The Morgan fingerprint density at radius 3 is 2.25 bits per heavy atom. The van der Waals surface area contributed by atoms with E-state index in [1.54, 1.807) is 0 Å². The number of aryl methyl sites for hydroxylation is 2. The van der Waals surface area contributed by atoms with Crippen molar-refractivity contribution >= 4 is 0 Å². The first kappa shape index (κ1) is 15.5. The summed E-state index contributed by atoms with van der Waals surface area (Å²) in [5, 5.41) is 0. The van der Waals surface area contributed by atoms with Gasteiger partial charge in [0.2, 0.25) is 0 Å². The molecule has 3 N–H and O–H groups in total. The second-order valence-corrected chi connectivity index (χ2v) is 6.13. The Hall–Kier alpha value is -0.900. The van der Waals surface area contributed by atoms with E-state index in [1.807, 2.05) is 7.11 Å². The topological polar surface area (TPSA) is 47.3 Å². The van der Waals surface area contributed by atoms with Gasteiger partial charge in [-0.1, -0.05) is 43.9 Å². The molecule has 3 heteroatoms. The lowest BCUT2D eigenvalue weighted by Gasteiger charge is -2.39. The van der Waals surface area contributed by atoms with Crippen LogP contribution in [-0.2, 0) is 4.74 Å². The van der Waals surface area contributed by atoms with Gasteiger partial charge in [0.15, 0.2) is 0 Å². The predicted molar refractivity (Wildman–Crippen MR) is 83.4 cm³/mol. The van der Waals surface area contributed by atoms with E-state index in [-0.39, 0.29) is 11.6 Å². The van der Waals surface area contributed by atoms with E-state index in [9.17, 15) is 0 Å². The standard InChI is InChI=1S/C17H28N2O/c1-13-8-9-15(12-14(13)2)16(19-18)17(20-3)10-6-4-5-7-11-17/h8-9,12,16,19H,4-7,10-11,18H2,1-3H3. The molecule has 3 nitrogen and oxygen atoms in total. The highest BCUT2D eigenvalue weighted by Crippen LogP contribution is 2.40. The number of nitrogens with two attached hydrogens (primary N) is 1. The SMILES string of the molecule is COC1(C(NN)c2ccc(C)c(C)c2)CCCCCC1. The van der Waals surface area contributed by atoms with Crippen LogP contribution in [0.2, 0.25) is 0 Å². The number of hydrogen-bond acceptors (Lipinski definition) is 3. The molecule has 112 valence electrons. The molecule has 0 amide bonds. The Morgan fingerprint density at radius 2 is 1.75 bits per heavy atom. The molecule has 0 bridgehead atoms. The van der Waals surface area contributed by atoms with Crippen LogP contribution in [0.1, 0.15) is 61.3 Å². The maximum atomic E-state index is 5.99. The highest BCUT2D eigenvalue weighted by Gasteiger charge is 2.39. The van der Waals surface area contributed by atoms with Crippen molar-refractivity contribution in [2.45, 2.75) is 64.0 Å². The zero-order valence-electron chi connectivity index (χ0n) is 13.0. The molecule has 0 aromatic heterocycles. The Labute approximate surface area is 122 Å². The van der Waals surface area contributed by atoms with E-state index in [0.29, 0.717) is 0 Å². The summed E-state index contributed by atoms with van der Waals surface area (Å²) in [5.41, 5.74) is 6.72. The molecule has 0 spiro atoms. The van der Waals surface area contributed by atoms with Gasteiger partial charge in [-0.05, 0) is 43.4 Å². The lowest BCUT2D eigenvalue weighted by molar-refractivity contribution is -0.0541. The first-order chi connectivity index (χ1) is 9.63. The summed E-state index contributed by atoms with van der Waals surface area (Å²) in [6, 6.07) is 6.66. The molecule has 0 saturated heterocycles. The zero-order chi connectivity index (χ0) is 14.6. The highest BCUT2D eigenvalue weighted by atomic mass is 16.5. The van der Waals surface area contributed by atoms with Gasteiger partial charge in [0, 0.05) is 7.11 Å². The summed E-state index contributed by atoms with van der Waals surface area (Å²) in [5.74, 6) is 5.91. The molecule has 1 saturated carbocycles. The number of benzene rings is 1. The minimum absolute atomic E-state index is 0.0601. The number of nitrogens with one attached hydrogen (secondary N) is 1. The van der Waals surface area contributed by atoms with E-state index >= 15 is 0 Å². The third-order valence-corrected chi connectivity index (χ3v) is 4.91. The average Bonchev–Trinajstić information content (AvgIpc) is 2.70. The number of hydrazine groups is 1. The Balaban J connectivity index is 2.34. The van der Waals surface area contributed by atoms with Crippen LogP contribution in [0.15, 0.2) is 18.2 Å². The number of ether oxygens (including phenoxy) is 1. The van der Waals surface area contributed by atoms with Gasteiger partial charge in [-0.25, -0.2) is 0 Å². The summed E-state index contributed by atoms with van der Waals surface area (Å²) in [4.78, 5) is 0. The van der Waals surface area contributed by atoms with Gasteiger partial charge in [-0.3, -0.25) is 11.3 Å². The molecule has 1 aromatic carbocycles. The summed E-state index contributed by atoms with van der Waals surface area (Å²) in [7, 11) is 1.83. The van der Waals surface area contributed by atoms with Gasteiger partial charge in [0.25, 0.3) is 0 Å². The second-order valence-electron chi connectivity index (χ2n) is 6.13. The molecule has 1 aliphatic carbocycles. The van der Waals surface area contributed by atoms with Crippen LogP contribution in [0.25, 0.3) is 0 Å². The van der Waals surface area contributed by atoms with Gasteiger partial charge >= 0.3 is 0 Å². The summed E-state index contributed by atoms with van der Waals surface area (Å²) in [6.45, 7) is 4.29. The van der Waals surface area contributed by atoms with Crippen LogP contribution in [0.3, 0.4) is 0 Å². The molecular weight excluding hydrogens is 248 g/mol. The van der Waals surface area contributed by atoms with Gasteiger partial charge in [-0.2, -0.15) is 0 Å². The van der Waals surface area contributed by atoms with Crippen LogP contribution < -0.4 is 11.3 Å². The fourth-order valence-corrected chi connectivity index (χ4v) is 3.43. The molecule has 1 aromatic rings. The fraction of sp³-hybridized carbons (Fsp3) is 0.647. The van der Waals surface area contributed by atoms with Gasteiger partial charge in [0.1, 0.15) is 0 Å². The Morgan fingerprint density at radius 1 is 1.10 bits per heavy atom. The summed E-state index contributed by atoms with van der Waals surface area (Å²) >= 11 is 0. The van der Waals surface area contributed by atoms with Crippen molar-refractivity contribution in [2.24, 2.45) is 5.84 Å². The molecule has 2 rings (SSSR count). The van der Waals surface area contributed by atoms with E-state index in [2.05, 4.69) is 37.5 Å².